The van der Waals surface area contributed by atoms with Crippen LogP contribution in [0.15, 0.2) is 0 Å². The third-order valence-corrected chi connectivity index (χ3v) is 2.70. The van der Waals surface area contributed by atoms with Crippen LogP contribution >= 0.6 is 0 Å². The molecule has 0 aliphatic rings. The minimum absolute atomic E-state index is 0.0193. The van der Waals surface area contributed by atoms with Gasteiger partial charge in [0, 0.05) is 5.41 Å². The number of ketones is 2. The summed E-state index contributed by atoms with van der Waals surface area (Å²) in [4.78, 5) is 34.4. The molecule has 0 heterocycles. The highest BCUT2D eigenvalue weighted by molar-refractivity contribution is 5.92. The van der Waals surface area contributed by atoms with E-state index < -0.39 is 11.5 Å². The van der Waals surface area contributed by atoms with Crippen LogP contribution in [-0.4, -0.2) is 36.1 Å². The van der Waals surface area contributed by atoms with Gasteiger partial charge in [-0.2, -0.15) is 0 Å². The first kappa shape index (κ1) is 16.8. The monoisotopic (exact) mass is 256 g/mol. The molecule has 0 bridgehead atoms. The lowest BCUT2D eigenvalue weighted by atomic mass is 9.95. The summed E-state index contributed by atoms with van der Waals surface area (Å²) in [6, 6.07) is -0.900. The summed E-state index contributed by atoms with van der Waals surface area (Å²) in [7, 11) is 0. The molecule has 104 valence electrons. The molecule has 0 rings (SSSR count). The first-order chi connectivity index (χ1) is 8.05. The summed E-state index contributed by atoms with van der Waals surface area (Å²) in [6.45, 7) is 10.3. The Bertz CT molecular complexity index is 332. The second-order valence-corrected chi connectivity index (χ2v) is 5.62. The van der Waals surface area contributed by atoms with E-state index in [1.165, 1.54) is 6.92 Å². The van der Waals surface area contributed by atoms with E-state index in [9.17, 15) is 14.4 Å². The van der Waals surface area contributed by atoms with Gasteiger partial charge in [-0.3, -0.25) is 14.4 Å². The van der Waals surface area contributed by atoms with Gasteiger partial charge >= 0.3 is 0 Å². The Morgan fingerprint density at radius 2 is 1.56 bits per heavy atom. The number of hydrogen-bond acceptors (Lipinski definition) is 4. The topological polar surface area (TPSA) is 75.3 Å². The van der Waals surface area contributed by atoms with Crippen LogP contribution in [0.5, 0.6) is 0 Å². The summed E-state index contributed by atoms with van der Waals surface area (Å²) in [5.41, 5.74) is -0.519. The molecule has 0 aliphatic heterocycles. The van der Waals surface area contributed by atoms with Crippen LogP contribution < -0.4 is 10.6 Å². The fourth-order valence-electron chi connectivity index (χ4n) is 1.04. The highest BCUT2D eigenvalue weighted by Crippen LogP contribution is 2.12. The second-order valence-electron chi connectivity index (χ2n) is 5.62. The van der Waals surface area contributed by atoms with Gasteiger partial charge in [0.05, 0.1) is 18.6 Å². The van der Waals surface area contributed by atoms with Crippen LogP contribution in [-0.2, 0) is 14.4 Å². The Balaban J connectivity index is 4.20. The van der Waals surface area contributed by atoms with Crippen LogP contribution in [0.2, 0.25) is 0 Å². The SMILES string of the molecule is CC(=O)[C@H](C)NCC(=O)[C@H](C)NC(=O)C(C)(C)C. The molecule has 0 aromatic carbocycles. The summed E-state index contributed by atoms with van der Waals surface area (Å²) >= 11 is 0. The van der Waals surface area contributed by atoms with Crippen molar-refractivity contribution in [2.24, 2.45) is 5.41 Å². The molecule has 0 unspecified atom stereocenters. The summed E-state index contributed by atoms with van der Waals surface area (Å²) in [6.07, 6.45) is 0. The number of carbonyl (C=O) groups excluding carboxylic acids is 3. The molecule has 0 fully saturated rings. The maximum atomic E-state index is 11.7. The van der Waals surface area contributed by atoms with E-state index in [1.54, 1.807) is 34.6 Å². The molecule has 5 heteroatoms. The fourth-order valence-corrected chi connectivity index (χ4v) is 1.04. The van der Waals surface area contributed by atoms with Crippen molar-refractivity contribution in [2.45, 2.75) is 53.6 Å². The van der Waals surface area contributed by atoms with Crippen molar-refractivity contribution in [1.29, 1.82) is 0 Å². The second kappa shape index (κ2) is 6.64. The van der Waals surface area contributed by atoms with E-state index in [1.807, 2.05) is 0 Å². The lowest BCUT2D eigenvalue weighted by Gasteiger charge is -2.21. The molecule has 0 radical (unpaired) electrons. The van der Waals surface area contributed by atoms with E-state index in [0.717, 1.165) is 0 Å². The summed E-state index contributed by atoms with van der Waals surface area (Å²) in [5, 5.41) is 5.48. The number of Topliss-reactive ketones (excluding diaryl/α,β-unsaturated/α-hetero) is 2. The van der Waals surface area contributed by atoms with Crippen molar-refractivity contribution >= 4 is 17.5 Å². The van der Waals surface area contributed by atoms with Gasteiger partial charge < -0.3 is 10.6 Å². The van der Waals surface area contributed by atoms with Crippen molar-refractivity contribution < 1.29 is 14.4 Å². The van der Waals surface area contributed by atoms with Crippen LogP contribution in [0, 0.1) is 5.41 Å². The third-order valence-electron chi connectivity index (χ3n) is 2.70. The average molecular weight is 256 g/mol. The molecular weight excluding hydrogens is 232 g/mol. The smallest absolute Gasteiger partial charge is 0.225 e. The molecular formula is C13H24N2O3. The maximum absolute atomic E-state index is 11.7. The van der Waals surface area contributed by atoms with E-state index in [-0.39, 0.29) is 30.1 Å². The molecule has 0 saturated carbocycles. The van der Waals surface area contributed by atoms with E-state index in [2.05, 4.69) is 10.6 Å². The molecule has 0 spiro atoms. The lowest BCUT2D eigenvalue weighted by molar-refractivity contribution is -0.132. The minimum atomic E-state index is -0.552. The molecule has 5 nitrogen and oxygen atoms in total. The molecule has 18 heavy (non-hydrogen) atoms. The number of rotatable bonds is 6. The largest absolute Gasteiger partial charge is 0.346 e. The number of nitrogens with one attached hydrogen (secondary N) is 2. The van der Waals surface area contributed by atoms with Crippen LogP contribution in [0.25, 0.3) is 0 Å². The van der Waals surface area contributed by atoms with Crippen molar-refractivity contribution in [3.05, 3.63) is 0 Å². The van der Waals surface area contributed by atoms with Gasteiger partial charge in [-0.15, -0.1) is 0 Å². The van der Waals surface area contributed by atoms with Gasteiger partial charge in [-0.1, -0.05) is 20.8 Å². The van der Waals surface area contributed by atoms with E-state index >= 15 is 0 Å². The van der Waals surface area contributed by atoms with Crippen LogP contribution in [0.1, 0.15) is 41.5 Å². The third kappa shape index (κ3) is 5.91. The van der Waals surface area contributed by atoms with Crippen molar-refractivity contribution in [2.75, 3.05) is 6.54 Å². The Kier molecular flexibility index (Phi) is 6.18. The Labute approximate surface area is 109 Å². The fraction of sp³-hybridized carbons (Fsp3) is 0.769. The highest BCUT2D eigenvalue weighted by atomic mass is 16.2. The summed E-state index contributed by atoms with van der Waals surface area (Å²) < 4.78 is 0. The van der Waals surface area contributed by atoms with Gasteiger partial charge in [0.15, 0.2) is 5.78 Å². The zero-order chi connectivity index (χ0) is 14.5. The molecule has 0 aromatic rings. The zero-order valence-electron chi connectivity index (χ0n) is 12.1. The van der Waals surface area contributed by atoms with Gasteiger partial charge in [0.1, 0.15) is 5.78 Å². The van der Waals surface area contributed by atoms with Crippen LogP contribution in [0.3, 0.4) is 0 Å². The average Bonchev–Trinajstić information content (AvgIpc) is 2.23. The number of carbonyl (C=O) groups is 3. The quantitative estimate of drug-likeness (QED) is 0.732. The Hall–Kier alpha value is -1.23. The predicted molar refractivity (Wildman–Crippen MR) is 70.2 cm³/mol. The molecule has 0 aromatic heterocycles. The lowest BCUT2D eigenvalue weighted by Crippen LogP contribution is -2.48. The summed E-state index contributed by atoms with van der Waals surface area (Å²) in [5.74, 6) is -0.321. The first-order valence-electron chi connectivity index (χ1n) is 6.13. The molecule has 0 saturated heterocycles. The van der Waals surface area contributed by atoms with Gasteiger partial charge in [0.2, 0.25) is 5.91 Å². The first-order valence-corrected chi connectivity index (χ1v) is 6.13. The van der Waals surface area contributed by atoms with Gasteiger partial charge in [-0.25, -0.2) is 0 Å². The van der Waals surface area contributed by atoms with Crippen molar-refractivity contribution in [3.63, 3.8) is 0 Å². The normalized spacial score (nSPS) is 14.8. The number of hydrogen-bond donors (Lipinski definition) is 2. The maximum Gasteiger partial charge on any atom is 0.225 e. The highest BCUT2D eigenvalue weighted by Gasteiger charge is 2.25. The van der Waals surface area contributed by atoms with Crippen molar-refractivity contribution in [3.8, 4) is 0 Å². The molecule has 2 N–H and O–H groups in total. The predicted octanol–water partition coefficient (Wildman–Crippen LogP) is 0.673. The molecule has 1 amide bonds. The molecule has 0 aliphatic carbocycles. The van der Waals surface area contributed by atoms with Crippen molar-refractivity contribution in [1.82, 2.24) is 10.6 Å². The standard InChI is InChI=1S/C13H24N2O3/c1-8(10(3)16)14-7-11(17)9(2)15-12(18)13(4,5)6/h8-9,14H,7H2,1-6H3,(H,15,18)/t8-,9-/m0/s1. The minimum Gasteiger partial charge on any atom is -0.346 e. The van der Waals surface area contributed by atoms with Crippen LogP contribution in [0.4, 0.5) is 0 Å². The van der Waals surface area contributed by atoms with Gasteiger partial charge in [-0.05, 0) is 20.8 Å². The van der Waals surface area contributed by atoms with Gasteiger partial charge in [0.25, 0.3) is 0 Å². The molecule has 2 atom stereocenters. The van der Waals surface area contributed by atoms with E-state index in [4.69, 9.17) is 0 Å². The number of amides is 1. The Morgan fingerprint density at radius 1 is 1.06 bits per heavy atom. The van der Waals surface area contributed by atoms with E-state index in [0.29, 0.717) is 0 Å². The Morgan fingerprint density at radius 3 is 1.94 bits per heavy atom. The zero-order valence-corrected chi connectivity index (χ0v) is 12.1.